The van der Waals surface area contributed by atoms with E-state index in [1.165, 1.54) is 24.5 Å². The van der Waals surface area contributed by atoms with Crippen molar-refractivity contribution >= 4 is 29.0 Å². The lowest BCUT2D eigenvalue weighted by molar-refractivity contribution is -0.137. The van der Waals surface area contributed by atoms with E-state index in [1.807, 2.05) is 6.92 Å². The minimum absolute atomic E-state index is 0.0134. The Labute approximate surface area is 198 Å². The van der Waals surface area contributed by atoms with Gasteiger partial charge in [0.15, 0.2) is 5.82 Å². The van der Waals surface area contributed by atoms with Gasteiger partial charge in [0.05, 0.1) is 11.3 Å². The summed E-state index contributed by atoms with van der Waals surface area (Å²) >= 11 is 0. The summed E-state index contributed by atoms with van der Waals surface area (Å²) in [5.74, 6) is 1.40. The maximum absolute atomic E-state index is 13.0. The minimum Gasteiger partial charge on any atom is -0.373 e. The van der Waals surface area contributed by atoms with Crippen molar-refractivity contribution in [3.05, 3.63) is 77.4 Å². The number of carbonyl (C=O) groups is 1. The quantitative estimate of drug-likeness (QED) is 0.364. The molecular weight excluding hydrogens is 461 g/mol. The van der Waals surface area contributed by atoms with Crippen LogP contribution in [0.25, 0.3) is 5.82 Å². The van der Waals surface area contributed by atoms with E-state index in [-0.39, 0.29) is 11.4 Å². The summed E-state index contributed by atoms with van der Waals surface area (Å²) in [6.45, 7) is 3.63. The Kier molecular flexibility index (Phi) is 6.36. The molecule has 0 bridgehead atoms. The largest absolute Gasteiger partial charge is 0.416 e. The van der Waals surface area contributed by atoms with Crippen LogP contribution in [0.2, 0.25) is 0 Å². The van der Waals surface area contributed by atoms with Gasteiger partial charge in [-0.25, -0.2) is 15.0 Å². The first-order chi connectivity index (χ1) is 16.6. The Morgan fingerprint density at radius 3 is 2.57 bits per heavy atom. The van der Waals surface area contributed by atoms with Crippen LogP contribution in [0.4, 0.5) is 36.3 Å². The van der Waals surface area contributed by atoms with Gasteiger partial charge in [-0.2, -0.15) is 23.0 Å². The zero-order valence-corrected chi connectivity index (χ0v) is 19.0. The fourth-order valence-electron chi connectivity index (χ4n) is 3.23. The smallest absolute Gasteiger partial charge is 0.373 e. The standard InChI is InChI=1S/C23H21F3N8O/c1-13-7-8-17(22(35)30-16-6-4-5-15(10-16)23(24,25)26)31-21(13)32-20-9-14(2)33-34(20)19-11-18(27-3)28-12-29-19/h4-12H,1-3H3,(H,30,35)(H,31,32)(H,27,28,29). The fraction of sp³-hybridized carbons (Fsp3) is 0.174. The van der Waals surface area contributed by atoms with Crippen molar-refractivity contribution in [3.63, 3.8) is 0 Å². The molecule has 3 heterocycles. The molecule has 3 aromatic heterocycles. The number of carbonyl (C=O) groups excluding carboxylic acids is 1. The van der Waals surface area contributed by atoms with Gasteiger partial charge < -0.3 is 16.0 Å². The van der Waals surface area contributed by atoms with Crippen LogP contribution < -0.4 is 16.0 Å². The van der Waals surface area contributed by atoms with Crippen LogP contribution in [0.5, 0.6) is 0 Å². The fourth-order valence-corrected chi connectivity index (χ4v) is 3.23. The second-order valence-corrected chi connectivity index (χ2v) is 7.61. The molecular formula is C23H21F3N8O. The highest BCUT2D eigenvalue weighted by Gasteiger charge is 2.30. The zero-order chi connectivity index (χ0) is 25.2. The van der Waals surface area contributed by atoms with E-state index in [1.54, 1.807) is 36.9 Å². The molecule has 180 valence electrons. The molecule has 0 aliphatic carbocycles. The Bertz CT molecular complexity index is 1380. The summed E-state index contributed by atoms with van der Waals surface area (Å²) < 4.78 is 40.5. The van der Waals surface area contributed by atoms with Gasteiger partial charge in [-0.05, 0) is 43.7 Å². The second-order valence-electron chi connectivity index (χ2n) is 7.61. The van der Waals surface area contributed by atoms with E-state index in [9.17, 15) is 18.0 Å². The highest BCUT2D eigenvalue weighted by Crippen LogP contribution is 2.31. The maximum Gasteiger partial charge on any atom is 0.416 e. The van der Waals surface area contributed by atoms with Gasteiger partial charge in [-0.15, -0.1) is 0 Å². The van der Waals surface area contributed by atoms with Crippen LogP contribution in [0, 0.1) is 13.8 Å². The summed E-state index contributed by atoms with van der Waals surface area (Å²) in [5.41, 5.74) is 0.638. The number of amides is 1. The van der Waals surface area contributed by atoms with Crippen molar-refractivity contribution in [2.45, 2.75) is 20.0 Å². The predicted molar refractivity (Wildman–Crippen MR) is 125 cm³/mol. The molecule has 12 heteroatoms. The topological polar surface area (TPSA) is 110 Å². The number of alkyl halides is 3. The van der Waals surface area contributed by atoms with Crippen molar-refractivity contribution < 1.29 is 18.0 Å². The van der Waals surface area contributed by atoms with Crippen LogP contribution in [0.3, 0.4) is 0 Å². The van der Waals surface area contributed by atoms with E-state index >= 15 is 0 Å². The third-order valence-corrected chi connectivity index (χ3v) is 4.98. The number of benzene rings is 1. The third kappa shape index (κ3) is 5.37. The van der Waals surface area contributed by atoms with Crippen molar-refractivity contribution in [2.75, 3.05) is 23.0 Å². The second kappa shape index (κ2) is 9.41. The Balaban J connectivity index is 1.60. The van der Waals surface area contributed by atoms with E-state index in [4.69, 9.17) is 0 Å². The number of rotatable bonds is 6. The summed E-state index contributed by atoms with van der Waals surface area (Å²) in [4.78, 5) is 25.5. The van der Waals surface area contributed by atoms with Crippen LogP contribution in [-0.4, -0.2) is 37.7 Å². The molecule has 0 saturated carbocycles. The third-order valence-electron chi connectivity index (χ3n) is 4.98. The van der Waals surface area contributed by atoms with Gasteiger partial charge in [-0.3, -0.25) is 4.79 Å². The van der Waals surface area contributed by atoms with Crippen LogP contribution in [0.15, 0.2) is 54.9 Å². The van der Waals surface area contributed by atoms with Crippen LogP contribution >= 0.6 is 0 Å². The molecule has 0 spiro atoms. The summed E-state index contributed by atoms with van der Waals surface area (Å²) in [6.07, 6.45) is -3.11. The van der Waals surface area contributed by atoms with E-state index in [0.29, 0.717) is 29.0 Å². The molecule has 1 amide bonds. The monoisotopic (exact) mass is 482 g/mol. The van der Waals surface area contributed by atoms with Crippen LogP contribution in [-0.2, 0) is 6.18 Å². The first kappa shape index (κ1) is 23.7. The molecule has 9 nitrogen and oxygen atoms in total. The Morgan fingerprint density at radius 1 is 1.03 bits per heavy atom. The predicted octanol–water partition coefficient (Wildman–Crippen LogP) is 4.73. The number of nitrogens with one attached hydrogen (secondary N) is 3. The Hall–Kier alpha value is -4.48. The average molecular weight is 482 g/mol. The van der Waals surface area contributed by atoms with Gasteiger partial charge in [0.2, 0.25) is 0 Å². The number of hydrogen-bond donors (Lipinski definition) is 3. The number of aryl methyl sites for hydroxylation is 2. The van der Waals surface area contributed by atoms with Crippen molar-refractivity contribution in [1.29, 1.82) is 0 Å². The lowest BCUT2D eigenvalue weighted by Gasteiger charge is -2.13. The van der Waals surface area contributed by atoms with E-state index in [2.05, 4.69) is 36.0 Å². The summed E-state index contributed by atoms with van der Waals surface area (Å²) in [6, 6.07) is 11.1. The van der Waals surface area contributed by atoms with Crippen LogP contribution in [0.1, 0.15) is 27.3 Å². The minimum atomic E-state index is -4.52. The molecule has 4 aromatic rings. The molecule has 0 radical (unpaired) electrons. The lowest BCUT2D eigenvalue weighted by atomic mass is 10.2. The van der Waals surface area contributed by atoms with Gasteiger partial charge in [0.1, 0.15) is 29.5 Å². The lowest BCUT2D eigenvalue weighted by Crippen LogP contribution is -2.16. The summed E-state index contributed by atoms with van der Waals surface area (Å²) in [7, 11) is 1.74. The SMILES string of the molecule is CNc1cc(-n2nc(C)cc2Nc2nc(C(=O)Nc3cccc(C(F)(F)F)c3)ccc2C)ncn1. The molecule has 0 saturated heterocycles. The zero-order valence-electron chi connectivity index (χ0n) is 19.0. The molecule has 0 aliphatic heterocycles. The molecule has 1 aromatic carbocycles. The van der Waals surface area contributed by atoms with Gasteiger partial charge in [-0.1, -0.05) is 12.1 Å². The number of pyridine rings is 1. The number of nitrogens with zero attached hydrogens (tertiary/aromatic N) is 5. The molecule has 3 N–H and O–H groups in total. The van der Waals surface area contributed by atoms with Gasteiger partial charge in [0.25, 0.3) is 5.91 Å². The van der Waals surface area contributed by atoms with Gasteiger partial charge >= 0.3 is 6.18 Å². The van der Waals surface area contributed by atoms with E-state index in [0.717, 1.165) is 17.7 Å². The highest BCUT2D eigenvalue weighted by atomic mass is 19.4. The first-order valence-corrected chi connectivity index (χ1v) is 10.4. The maximum atomic E-state index is 13.0. The Morgan fingerprint density at radius 2 is 1.83 bits per heavy atom. The average Bonchev–Trinajstić information content (AvgIpc) is 3.20. The highest BCUT2D eigenvalue weighted by molar-refractivity contribution is 6.03. The number of hydrogen-bond acceptors (Lipinski definition) is 7. The summed E-state index contributed by atoms with van der Waals surface area (Å²) in [5, 5.41) is 13.0. The van der Waals surface area contributed by atoms with Crippen molar-refractivity contribution in [2.24, 2.45) is 0 Å². The first-order valence-electron chi connectivity index (χ1n) is 10.4. The molecule has 0 atom stereocenters. The molecule has 0 fully saturated rings. The van der Waals surface area contributed by atoms with E-state index < -0.39 is 17.6 Å². The molecule has 35 heavy (non-hydrogen) atoms. The molecule has 0 unspecified atom stereocenters. The van der Waals surface area contributed by atoms with Crippen molar-refractivity contribution in [1.82, 2.24) is 24.7 Å². The normalized spacial score (nSPS) is 11.3. The molecule has 0 aliphatic rings. The van der Waals surface area contributed by atoms with Gasteiger partial charge in [0, 0.05) is 24.9 Å². The van der Waals surface area contributed by atoms with Crippen molar-refractivity contribution in [3.8, 4) is 5.82 Å². The number of aromatic nitrogens is 5. The number of anilines is 4. The number of halogens is 3. The molecule has 4 rings (SSSR count).